The Balaban J connectivity index is 1.95. The molecule has 132 valence electrons. The lowest BCUT2D eigenvalue weighted by molar-refractivity contribution is -0.115. The first-order valence-corrected chi connectivity index (χ1v) is 7.51. The average molecular weight is 344 g/mol. The smallest absolute Gasteiger partial charge is 0.251 e. The molecular weight excluding hydrogens is 324 g/mol. The van der Waals surface area contributed by atoms with E-state index in [1.165, 1.54) is 14.2 Å². The fourth-order valence-corrected chi connectivity index (χ4v) is 2.12. The van der Waals surface area contributed by atoms with Gasteiger partial charge in [-0.1, -0.05) is 6.07 Å². The maximum atomic E-state index is 12.1. The zero-order valence-corrected chi connectivity index (χ0v) is 14.3. The summed E-state index contributed by atoms with van der Waals surface area (Å²) in [6.45, 7) is -0.175. The highest BCUT2D eigenvalue weighted by atomic mass is 16.5. The van der Waals surface area contributed by atoms with E-state index in [0.29, 0.717) is 28.5 Å². The van der Waals surface area contributed by atoms with Crippen molar-refractivity contribution in [2.24, 2.45) is 0 Å². The topological polar surface area (TPSA) is 85.9 Å². The second kappa shape index (κ2) is 8.58. The second-order valence-corrected chi connectivity index (χ2v) is 5.03. The third kappa shape index (κ3) is 4.87. The number of hydrogen-bond acceptors (Lipinski definition) is 5. The Kier molecular flexibility index (Phi) is 6.22. The number of benzene rings is 2. The maximum Gasteiger partial charge on any atom is 0.251 e. The first kappa shape index (κ1) is 18.1. The Bertz CT molecular complexity index is 761. The number of carbonyl (C=O) groups excluding carboxylic acids is 2. The molecule has 0 saturated heterocycles. The molecule has 0 bridgehead atoms. The van der Waals surface area contributed by atoms with E-state index < -0.39 is 0 Å². The first-order valence-electron chi connectivity index (χ1n) is 7.51. The molecule has 0 unspecified atom stereocenters. The SMILES string of the molecule is COc1cccc(C(=O)NCC(=O)Nc2ccc(OC)cc2OC)c1. The molecular formula is C18H20N2O5. The maximum absolute atomic E-state index is 12.1. The lowest BCUT2D eigenvalue weighted by Gasteiger charge is -2.12. The van der Waals surface area contributed by atoms with Crippen LogP contribution in [0, 0.1) is 0 Å². The number of nitrogens with one attached hydrogen (secondary N) is 2. The molecule has 25 heavy (non-hydrogen) atoms. The van der Waals surface area contributed by atoms with Crippen LogP contribution < -0.4 is 24.8 Å². The Morgan fingerprint density at radius 3 is 2.32 bits per heavy atom. The molecule has 0 atom stereocenters. The van der Waals surface area contributed by atoms with Crippen molar-refractivity contribution >= 4 is 17.5 Å². The van der Waals surface area contributed by atoms with Crippen LogP contribution in [0.2, 0.25) is 0 Å². The minimum Gasteiger partial charge on any atom is -0.497 e. The van der Waals surface area contributed by atoms with Crippen LogP contribution in [0.15, 0.2) is 42.5 Å². The normalized spacial score (nSPS) is 9.88. The third-order valence-electron chi connectivity index (χ3n) is 3.42. The monoisotopic (exact) mass is 344 g/mol. The number of methoxy groups -OCH3 is 3. The average Bonchev–Trinajstić information content (AvgIpc) is 2.66. The Morgan fingerprint density at radius 2 is 1.64 bits per heavy atom. The van der Waals surface area contributed by atoms with Crippen LogP contribution in [-0.2, 0) is 4.79 Å². The Labute approximate surface area is 145 Å². The quantitative estimate of drug-likeness (QED) is 0.803. The molecule has 7 nitrogen and oxygen atoms in total. The van der Waals surface area contributed by atoms with Crippen LogP contribution in [0.25, 0.3) is 0 Å². The minimum atomic E-state index is -0.375. The van der Waals surface area contributed by atoms with Gasteiger partial charge in [-0.15, -0.1) is 0 Å². The zero-order valence-electron chi connectivity index (χ0n) is 14.3. The molecule has 0 fully saturated rings. The number of anilines is 1. The van der Waals surface area contributed by atoms with Gasteiger partial charge < -0.3 is 24.8 Å². The van der Waals surface area contributed by atoms with Crippen molar-refractivity contribution in [3.05, 3.63) is 48.0 Å². The van der Waals surface area contributed by atoms with Gasteiger partial charge in [0.25, 0.3) is 5.91 Å². The van der Waals surface area contributed by atoms with Gasteiger partial charge in [-0.3, -0.25) is 9.59 Å². The Morgan fingerprint density at radius 1 is 0.920 bits per heavy atom. The van der Waals surface area contributed by atoms with Crippen molar-refractivity contribution in [1.29, 1.82) is 0 Å². The van der Waals surface area contributed by atoms with Crippen LogP contribution in [0.4, 0.5) is 5.69 Å². The van der Waals surface area contributed by atoms with Gasteiger partial charge in [0.2, 0.25) is 5.91 Å². The van der Waals surface area contributed by atoms with E-state index >= 15 is 0 Å². The van der Waals surface area contributed by atoms with Crippen LogP contribution in [0.5, 0.6) is 17.2 Å². The number of ether oxygens (including phenoxy) is 3. The summed E-state index contributed by atoms with van der Waals surface area (Å²) < 4.78 is 15.4. The van der Waals surface area contributed by atoms with E-state index in [0.717, 1.165) is 0 Å². The molecule has 2 aromatic rings. The summed E-state index contributed by atoms with van der Waals surface area (Å²) in [4.78, 5) is 24.1. The van der Waals surface area contributed by atoms with Gasteiger partial charge in [-0.2, -0.15) is 0 Å². The summed E-state index contributed by atoms with van der Waals surface area (Å²) in [5.74, 6) is 0.906. The van der Waals surface area contributed by atoms with E-state index in [9.17, 15) is 9.59 Å². The molecule has 2 rings (SSSR count). The lowest BCUT2D eigenvalue weighted by atomic mass is 10.2. The van der Waals surface area contributed by atoms with Crippen molar-refractivity contribution in [2.45, 2.75) is 0 Å². The fraction of sp³-hybridized carbons (Fsp3) is 0.222. The number of amides is 2. The fourth-order valence-electron chi connectivity index (χ4n) is 2.12. The molecule has 0 saturated carbocycles. The minimum absolute atomic E-state index is 0.175. The number of carbonyl (C=O) groups is 2. The molecule has 0 aliphatic carbocycles. The van der Waals surface area contributed by atoms with Gasteiger partial charge in [-0.25, -0.2) is 0 Å². The van der Waals surface area contributed by atoms with Crippen LogP contribution in [0.1, 0.15) is 10.4 Å². The predicted molar refractivity (Wildman–Crippen MR) is 93.5 cm³/mol. The van der Waals surface area contributed by atoms with Crippen molar-refractivity contribution in [2.75, 3.05) is 33.2 Å². The van der Waals surface area contributed by atoms with Gasteiger partial charge in [0.05, 0.1) is 33.6 Å². The van der Waals surface area contributed by atoms with E-state index in [4.69, 9.17) is 14.2 Å². The molecule has 0 radical (unpaired) electrons. The van der Waals surface area contributed by atoms with Crippen LogP contribution in [0.3, 0.4) is 0 Å². The Hall–Kier alpha value is -3.22. The van der Waals surface area contributed by atoms with Gasteiger partial charge in [-0.05, 0) is 30.3 Å². The van der Waals surface area contributed by atoms with Gasteiger partial charge in [0, 0.05) is 11.6 Å². The predicted octanol–water partition coefficient (Wildman–Crippen LogP) is 2.08. The molecule has 2 amide bonds. The number of hydrogen-bond donors (Lipinski definition) is 2. The summed E-state index contributed by atoms with van der Waals surface area (Å²) in [6, 6.07) is 11.7. The summed E-state index contributed by atoms with van der Waals surface area (Å²) in [5, 5.41) is 5.24. The van der Waals surface area contributed by atoms with Crippen LogP contribution >= 0.6 is 0 Å². The van der Waals surface area contributed by atoms with Gasteiger partial charge in [0.1, 0.15) is 17.2 Å². The van der Waals surface area contributed by atoms with Gasteiger partial charge in [0.15, 0.2) is 0 Å². The van der Waals surface area contributed by atoms with E-state index in [-0.39, 0.29) is 18.4 Å². The van der Waals surface area contributed by atoms with E-state index in [2.05, 4.69) is 10.6 Å². The molecule has 2 N–H and O–H groups in total. The van der Waals surface area contributed by atoms with Gasteiger partial charge >= 0.3 is 0 Å². The highest BCUT2D eigenvalue weighted by molar-refractivity contribution is 6.00. The lowest BCUT2D eigenvalue weighted by Crippen LogP contribution is -2.32. The summed E-state index contributed by atoms with van der Waals surface area (Å²) in [6.07, 6.45) is 0. The van der Waals surface area contributed by atoms with E-state index in [1.807, 2.05) is 0 Å². The summed E-state index contributed by atoms with van der Waals surface area (Å²) in [7, 11) is 4.56. The summed E-state index contributed by atoms with van der Waals surface area (Å²) in [5.41, 5.74) is 0.901. The largest absolute Gasteiger partial charge is 0.497 e. The first-order chi connectivity index (χ1) is 12.1. The van der Waals surface area contributed by atoms with Crippen LogP contribution in [-0.4, -0.2) is 39.7 Å². The molecule has 2 aromatic carbocycles. The second-order valence-electron chi connectivity index (χ2n) is 5.03. The highest BCUT2D eigenvalue weighted by Crippen LogP contribution is 2.28. The zero-order chi connectivity index (χ0) is 18.2. The molecule has 0 spiro atoms. The summed E-state index contributed by atoms with van der Waals surface area (Å²) >= 11 is 0. The highest BCUT2D eigenvalue weighted by Gasteiger charge is 2.11. The molecule has 0 aliphatic rings. The van der Waals surface area contributed by atoms with Crippen molar-refractivity contribution in [1.82, 2.24) is 5.32 Å². The third-order valence-corrected chi connectivity index (χ3v) is 3.42. The van der Waals surface area contributed by atoms with E-state index in [1.54, 1.807) is 49.6 Å². The molecule has 0 aliphatic heterocycles. The molecule has 0 heterocycles. The van der Waals surface area contributed by atoms with Crippen molar-refractivity contribution in [3.63, 3.8) is 0 Å². The van der Waals surface area contributed by atoms with Crippen molar-refractivity contribution < 1.29 is 23.8 Å². The molecule has 0 aromatic heterocycles. The number of rotatable bonds is 7. The van der Waals surface area contributed by atoms with Crippen molar-refractivity contribution in [3.8, 4) is 17.2 Å². The molecule has 7 heteroatoms. The standard InChI is InChI=1S/C18H20N2O5/c1-23-13-6-4-5-12(9-13)18(22)19-11-17(21)20-15-8-7-14(24-2)10-16(15)25-3/h4-10H,11H2,1-3H3,(H,19,22)(H,20,21).